The van der Waals surface area contributed by atoms with E-state index in [2.05, 4.69) is 21.4 Å². The third kappa shape index (κ3) is 6.62. The van der Waals surface area contributed by atoms with E-state index in [4.69, 9.17) is 21.1 Å². The van der Waals surface area contributed by atoms with Gasteiger partial charge in [-0.25, -0.2) is 9.97 Å². The molecule has 5 rings (SSSR count). The van der Waals surface area contributed by atoms with Gasteiger partial charge >= 0.3 is 0 Å². The van der Waals surface area contributed by atoms with Gasteiger partial charge in [0.25, 0.3) is 0 Å². The molecule has 0 aliphatic carbocycles. The Hall–Kier alpha value is -4.52. The van der Waals surface area contributed by atoms with E-state index in [9.17, 15) is 15.5 Å². The number of nitrogens with one attached hydrogen (secondary N) is 1. The highest BCUT2D eigenvalue weighted by atomic mass is 35.5. The predicted octanol–water partition coefficient (Wildman–Crippen LogP) is 5.64. The zero-order valence-electron chi connectivity index (χ0n) is 22.0. The van der Waals surface area contributed by atoms with Gasteiger partial charge in [-0.05, 0) is 35.4 Å². The average molecular weight is 567 g/mol. The quantitative estimate of drug-likeness (QED) is 0.188. The highest BCUT2D eigenvalue weighted by Gasteiger charge is 2.17. The minimum Gasteiger partial charge on any atom is -0.488 e. The van der Waals surface area contributed by atoms with Gasteiger partial charge in [-0.2, -0.15) is 5.26 Å². The summed E-state index contributed by atoms with van der Waals surface area (Å²) in [6.07, 6.45) is 1.46. The number of benzene rings is 4. The SMILES string of the molecule is N#Cc1cccc(COc2cc(Oc3ncnc4c(-c5ccccc5)cccc34)c(Cl)cc2CNC(CO)CO)c1. The number of aromatic nitrogens is 2. The Morgan fingerprint density at radius 2 is 1.71 bits per heavy atom. The first-order valence-electron chi connectivity index (χ1n) is 13.0. The lowest BCUT2D eigenvalue weighted by atomic mass is 10.0. The van der Waals surface area contributed by atoms with Gasteiger partial charge in [0.15, 0.2) is 5.75 Å². The molecule has 0 saturated heterocycles. The van der Waals surface area contributed by atoms with Crippen molar-refractivity contribution < 1.29 is 19.7 Å². The van der Waals surface area contributed by atoms with Crippen LogP contribution in [0.5, 0.6) is 17.4 Å². The second-order valence-electron chi connectivity index (χ2n) is 9.28. The van der Waals surface area contributed by atoms with Crippen LogP contribution in [0.25, 0.3) is 22.0 Å². The molecule has 8 nitrogen and oxygen atoms in total. The molecule has 5 aromatic rings. The Balaban J connectivity index is 1.49. The molecule has 0 aliphatic heterocycles. The summed E-state index contributed by atoms with van der Waals surface area (Å²) in [6, 6.07) is 28.0. The Labute approximate surface area is 242 Å². The van der Waals surface area contributed by atoms with E-state index < -0.39 is 6.04 Å². The molecule has 0 radical (unpaired) electrons. The second kappa shape index (κ2) is 13.2. The number of aliphatic hydroxyl groups excluding tert-OH is 2. The van der Waals surface area contributed by atoms with Crippen molar-refractivity contribution in [3.8, 4) is 34.6 Å². The minimum atomic E-state index is -0.504. The van der Waals surface area contributed by atoms with Crippen LogP contribution in [0.15, 0.2) is 91.3 Å². The molecule has 1 heterocycles. The van der Waals surface area contributed by atoms with Crippen molar-refractivity contribution in [1.82, 2.24) is 15.3 Å². The first-order valence-corrected chi connectivity index (χ1v) is 13.3. The van der Waals surface area contributed by atoms with Gasteiger partial charge < -0.3 is 25.0 Å². The number of halogens is 1. The van der Waals surface area contributed by atoms with Crippen LogP contribution in [0, 0.1) is 11.3 Å². The Morgan fingerprint density at radius 3 is 2.49 bits per heavy atom. The largest absolute Gasteiger partial charge is 0.488 e. The van der Waals surface area contributed by atoms with Gasteiger partial charge in [0.2, 0.25) is 5.88 Å². The zero-order valence-corrected chi connectivity index (χ0v) is 22.8. The van der Waals surface area contributed by atoms with E-state index in [-0.39, 0.29) is 26.4 Å². The zero-order chi connectivity index (χ0) is 28.6. The van der Waals surface area contributed by atoms with Crippen LogP contribution in [0.1, 0.15) is 16.7 Å². The molecular weight excluding hydrogens is 540 g/mol. The van der Waals surface area contributed by atoms with Gasteiger partial charge in [0.1, 0.15) is 18.7 Å². The lowest BCUT2D eigenvalue weighted by Gasteiger charge is -2.18. The van der Waals surface area contributed by atoms with E-state index in [1.807, 2.05) is 54.6 Å². The number of ether oxygens (including phenoxy) is 2. The van der Waals surface area contributed by atoms with Crippen LogP contribution in [0.3, 0.4) is 0 Å². The summed E-state index contributed by atoms with van der Waals surface area (Å²) < 4.78 is 12.4. The topological polar surface area (TPSA) is 121 Å². The highest BCUT2D eigenvalue weighted by Crippen LogP contribution is 2.38. The average Bonchev–Trinajstić information content (AvgIpc) is 3.02. The fraction of sp³-hybridized carbons (Fsp3) is 0.156. The number of aliphatic hydroxyl groups is 2. The van der Waals surface area contributed by atoms with Crippen molar-refractivity contribution in [1.29, 1.82) is 5.26 Å². The number of nitriles is 1. The van der Waals surface area contributed by atoms with Crippen molar-refractivity contribution in [3.63, 3.8) is 0 Å². The molecular formula is C32H27ClN4O4. The molecule has 0 unspecified atom stereocenters. The molecule has 4 aromatic carbocycles. The van der Waals surface area contributed by atoms with E-state index in [0.717, 1.165) is 27.6 Å². The first kappa shape index (κ1) is 28.0. The summed E-state index contributed by atoms with van der Waals surface area (Å²) in [5.41, 5.74) is 4.77. The maximum absolute atomic E-state index is 9.48. The van der Waals surface area contributed by atoms with Crippen LogP contribution in [0.4, 0.5) is 0 Å². The number of fused-ring (bicyclic) bond motifs is 1. The van der Waals surface area contributed by atoms with Crippen molar-refractivity contribution in [2.24, 2.45) is 0 Å². The first-order chi connectivity index (χ1) is 20.1. The van der Waals surface area contributed by atoms with E-state index in [1.54, 1.807) is 30.3 Å². The van der Waals surface area contributed by atoms with E-state index in [0.29, 0.717) is 33.5 Å². The normalized spacial score (nSPS) is 11.0. The summed E-state index contributed by atoms with van der Waals surface area (Å²) >= 11 is 6.68. The molecule has 0 bridgehead atoms. The van der Waals surface area contributed by atoms with Crippen molar-refractivity contribution in [2.75, 3.05) is 13.2 Å². The molecule has 0 amide bonds. The molecule has 1 aromatic heterocycles. The summed E-state index contributed by atoms with van der Waals surface area (Å²) in [4.78, 5) is 8.92. The highest BCUT2D eigenvalue weighted by molar-refractivity contribution is 6.32. The van der Waals surface area contributed by atoms with E-state index in [1.165, 1.54) is 6.33 Å². The van der Waals surface area contributed by atoms with E-state index >= 15 is 0 Å². The van der Waals surface area contributed by atoms with Crippen LogP contribution < -0.4 is 14.8 Å². The van der Waals surface area contributed by atoms with Crippen LogP contribution in [0.2, 0.25) is 5.02 Å². The Bertz CT molecular complexity index is 1690. The van der Waals surface area contributed by atoms with Crippen molar-refractivity contribution in [3.05, 3.63) is 113 Å². The lowest BCUT2D eigenvalue weighted by molar-refractivity contribution is 0.170. The van der Waals surface area contributed by atoms with Crippen molar-refractivity contribution >= 4 is 22.5 Å². The van der Waals surface area contributed by atoms with Crippen LogP contribution >= 0.6 is 11.6 Å². The summed E-state index contributed by atoms with van der Waals surface area (Å²) in [5, 5.41) is 32.3. The molecule has 9 heteroatoms. The summed E-state index contributed by atoms with van der Waals surface area (Å²) in [6.45, 7) is 0.0166. The van der Waals surface area contributed by atoms with Crippen LogP contribution in [-0.4, -0.2) is 39.4 Å². The van der Waals surface area contributed by atoms with Gasteiger partial charge in [-0.15, -0.1) is 0 Å². The maximum Gasteiger partial charge on any atom is 0.230 e. The van der Waals surface area contributed by atoms with Gasteiger partial charge in [0.05, 0.1) is 46.8 Å². The molecule has 41 heavy (non-hydrogen) atoms. The monoisotopic (exact) mass is 566 g/mol. The second-order valence-corrected chi connectivity index (χ2v) is 9.69. The Kier molecular flexibility index (Phi) is 9.04. The third-order valence-corrected chi connectivity index (χ3v) is 6.80. The molecule has 0 fully saturated rings. The smallest absolute Gasteiger partial charge is 0.230 e. The van der Waals surface area contributed by atoms with Crippen LogP contribution in [-0.2, 0) is 13.2 Å². The fourth-order valence-electron chi connectivity index (χ4n) is 4.36. The predicted molar refractivity (Wildman–Crippen MR) is 157 cm³/mol. The summed E-state index contributed by atoms with van der Waals surface area (Å²) in [5.74, 6) is 1.16. The van der Waals surface area contributed by atoms with Crippen molar-refractivity contribution in [2.45, 2.75) is 19.2 Å². The number of rotatable bonds is 11. The molecule has 0 spiro atoms. The molecule has 0 saturated carbocycles. The minimum absolute atomic E-state index is 0.198. The Morgan fingerprint density at radius 1 is 0.902 bits per heavy atom. The number of nitrogens with zero attached hydrogens (tertiary/aromatic N) is 3. The molecule has 0 atom stereocenters. The number of hydrogen-bond acceptors (Lipinski definition) is 8. The third-order valence-electron chi connectivity index (χ3n) is 6.51. The number of para-hydroxylation sites is 1. The summed E-state index contributed by atoms with van der Waals surface area (Å²) in [7, 11) is 0. The fourth-order valence-corrected chi connectivity index (χ4v) is 4.58. The molecule has 0 aliphatic rings. The molecule has 3 N–H and O–H groups in total. The van der Waals surface area contributed by atoms with Gasteiger partial charge in [0, 0.05) is 23.7 Å². The standard InChI is InChI=1S/C32H27ClN4O4/c33-28-13-24(16-35-25(17-38)18-39)29(40-19-22-7-4-6-21(12-22)15-34)14-30(28)41-32-27-11-5-10-26(31(27)36-20-37-32)23-8-2-1-3-9-23/h1-14,20,25,35,38-39H,16-19H2. The maximum atomic E-state index is 9.48. The molecule has 206 valence electrons. The van der Waals surface area contributed by atoms with Gasteiger partial charge in [-0.3, -0.25) is 0 Å². The lowest BCUT2D eigenvalue weighted by Crippen LogP contribution is -2.35. The number of hydrogen-bond donors (Lipinski definition) is 3. The van der Waals surface area contributed by atoms with Gasteiger partial charge in [-0.1, -0.05) is 66.2 Å².